The Kier molecular flexibility index (Phi) is 4.66. The van der Waals surface area contributed by atoms with E-state index >= 15 is 0 Å². The van der Waals surface area contributed by atoms with Gasteiger partial charge in [-0.3, -0.25) is 14.5 Å². The highest BCUT2D eigenvalue weighted by molar-refractivity contribution is 6.22. The van der Waals surface area contributed by atoms with Crippen molar-refractivity contribution < 1.29 is 19.1 Å². The number of fused-ring (bicyclic) bond motifs is 2. The molecule has 0 N–H and O–H groups in total. The molecule has 1 heterocycles. The van der Waals surface area contributed by atoms with Crippen molar-refractivity contribution in [3.8, 4) is 5.75 Å². The molecule has 5 nitrogen and oxygen atoms in total. The molecule has 3 aromatic rings. The molecule has 2 unspecified atom stereocenters. The zero-order valence-electron chi connectivity index (χ0n) is 17.1. The molecule has 2 amide bonds. The number of benzene rings is 3. The molecule has 154 valence electrons. The molecule has 1 aliphatic carbocycles. The molecular formula is C26H21NO4. The Morgan fingerprint density at radius 1 is 0.839 bits per heavy atom. The number of carbonyl (C=O) groups is 3. The van der Waals surface area contributed by atoms with Gasteiger partial charge < -0.3 is 4.74 Å². The number of esters is 1. The van der Waals surface area contributed by atoms with Crippen LogP contribution in [0.25, 0.3) is 10.8 Å². The number of rotatable bonds is 3. The SMILES string of the molecule is Cc1ccc2cc(OC(=O)c3ccc(N4C(=O)C5CC=CCC5C4=O)cc3)ccc2c1. The van der Waals surface area contributed by atoms with Gasteiger partial charge in [-0.2, -0.15) is 0 Å². The number of anilines is 1. The summed E-state index contributed by atoms with van der Waals surface area (Å²) in [5.41, 5.74) is 2.01. The van der Waals surface area contributed by atoms with Crippen molar-refractivity contribution in [2.24, 2.45) is 11.8 Å². The summed E-state index contributed by atoms with van der Waals surface area (Å²) >= 11 is 0. The van der Waals surface area contributed by atoms with Crippen molar-refractivity contribution >= 4 is 34.2 Å². The fraction of sp³-hybridized carbons (Fsp3) is 0.192. The normalized spacial score (nSPS) is 20.2. The lowest BCUT2D eigenvalue weighted by atomic mass is 9.85. The fourth-order valence-electron chi connectivity index (χ4n) is 4.37. The van der Waals surface area contributed by atoms with Gasteiger partial charge >= 0.3 is 5.97 Å². The van der Waals surface area contributed by atoms with Gasteiger partial charge in [-0.15, -0.1) is 0 Å². The first-order valence-electron chi connectivity index (χ1n) is 10.4. The lowest BCUT2D eigenvalue weighted by Crippen LogP contribution is -2.30. The molecular weight excluding hydrogens is 390 g/mol. The van der Waals surface area contributed by atoms with Gasteiger partial charge in [0.2, 0.25) is 11.8 Å². The largest absolute Gasteiger partial charge is 0.423 e. The zero-order valence-corrected chi connectivity index (χ0v) is 17.1. The van der Waals surface area contributed by atoms with Gasteiger partial charge in [-0.1, -0.05) is 42.0 Å². The third-order valence-electron chi connectivity index (χ3n) is 6.05. The van der Waals surface area contributed by atoms with E-state index in [9.17, 15) is 14.4 Å². The highest BCUT2D eigenvalue weighted by Crippen LogP contribution is 2.37. The maximum Gasteiger partial charge on any atom is 0.343 e. The van der Waals surface area contributed by atoms with Crippen LogP contribution in [0.1, 0.15) is 28.8 Å². The first-order valence-corrected chi connectivity index (χ1v) is 10.4. The number of hydrogen-bond acceptors (Lipinski definition) is 4. The average molecular weight is 411 g/mol. The average Bonchev–Trinajstić information content (AvgIpc) is 3.04. The molecule has 1 fully saturated rings. The van der Waals surface area contributed by atoms with Crippen LogP contribution in [0.4, 0.5) is 5.69 Å². The number of hydrogen-bond donors (Lipinski definition) is 0. The third kappa shape index (κ3) is 3.42. The molecule has 2 aliphatic rings. The van der Waals surface area contributed by atoms with Crippen LogP contribution in [0.15, 0.2) is 72.8 Å². The summed E-state index contributed by atoms with van der Waals surface area (Å²) in [7, 11) is 0. The molecule has 1 aliphatic heterocycles. The monoisotopic (exact) mass is 411 g/mol. The third-order valence-corrected chi connectivity index (χ3v) is 6.05. The van der Waals surface area contributed by atoms with Crippen LogP contribution < -0.4 is 9.64 Å². The predicted molar refractivity (Wildman–Crippen MR) is 118 cm³/mol. The Morgan fingerprint density at radius 3 is 2.13 bits per heavy atom. The lowest BCUT2D eigenvalue weighted by molar-refractivity contribution is -0.122. The zero-order chi connectivity index (χ0) is 21.5. The Morgan fingerprint density at radius 2 is 1.45 bits per heavy atom. The summed E-state index contributed by atoms with van der Waals surface area (Å²) < 4.78 is 5.53. The summed E-state index contributed by atoms with van der Waals surface area (Å²) in [6, 6.07) is 18.0. The molecule has 0 aromatic heterocycles. The highest BCUT2D eigenvalue weighted by Gasteiger charge is 2.47. The smallest absolute Gasteiger partial charge is 0.343 e. The van der Waals surface area contributed by atoms with Crippen molar-refractivity contribution in [2.75, 3.05) is 4.90 Å². The van der Waals surface area contributed by atoms with Crippen LogP contribution in [-0.2, 0) is 9.59 Å². The molecule has 3 aromatic carbocycles. The molecule has 0 saturated carbocycles. The molecule has 31 heavy (non-hydrogen) atoms. The molecule has 2 atom stereocenters. The van der Waals surface area contributed by atoms with Gasteiger partial charge in [0.05, 0.1) is 23.1 Å². The van der Waals surface area contributed by atoms with Crippen LogP contribution in [0.2, 0.25) is 0 Å². The van der Waals surface area contributed by atoms with E-state index in [1.807, 2.05) is 43.3 Å². The summed E-state index contributed by atoms with van der Waals surface area (Å²) in [5.74, 6) is -0.915. The first-order chi connectivity index (χ1) is 15.0. The highest BCUT2D eigenvalue weighted by atomic mass is 16.5. The van der Waals surface area contributed by atoms with E-state index in [-0.39, 0.29) is 23.7 Å². The van der Waals surface area contributed by atoms with Gasteiger partial charge in [0.1, 0.15) is 5.75 Å². The van der Waals surface area contributed by atoms with E-state index in [0.717, 1.165) is 10.8 Å². The summed E-state index contributed by atoms with van der Waals surface area (Å²) in [6.45, 7) is 2.03. The molecule has 5 heteroatoms. The molecule has 0 bridgehead atoms. The van der Waals surface area contributed by atoms with Crippen LogP contribution in [0.5, 0.6) is 5.75 Å². The second-order valence-corrected chi connectivity index (χ2v) is 8.12. The Balaban J connectivity index is 1.33. The predicted octanol–water partition coefficient (Wildman–Crippen LogP) is 4.82. The van der Waals surface area contributed by atoms with E-state index in [4.69, 9.17) is 4.74 Å². The van der Waals surface area contributed by atoms with Crippen LogP contribution >= 0.6 is 0 Å². The van der Waals surface area contributed by atoms with Crippen molar-refractivity contribution in [3.05, 3.63) is 83.9 Å². The minimum atomic E-state index is -0.491. The second kappa shape index (κ2) is 7.51. The van der Waals surface area contributed by atoms with Gasteiger partial charge in [0, 0.05) is 0 Å². The maximum absolute atomic E-state index is 12.7. The summed E-state index contributed by atoms with van der Waals surface area (Å²) in [5, 5.41) is 2.08. The second-order valence-electron chi connectivity index (χ2n) is 8.12. The van der Waals surface area contributed by atoms with Gasteiger partial charge in [0.15, 0.2) is 0 Å². The van der Waals surface area contributed by atoms with Gasteiger partial charge in [0.25, 0.3) is 0 Å². The van der Waals surface area contributed by atoms with E-state index in [2.05, 4.69) is 6.07 Å². The van der Waals surface area contributed by atoms with Crippen molar-refractivity contribution in [3.63, 3.8) is 0 Å². The number of ether oxygens (including phenoxy) is 1. The Labute approximate surface area is 179 Å². The molecule has 0 radical (unpaired) electrons. The number of aryl methyl sites for hydroxylation is 1. The number of allylic oxidation sites excluding steroid dienone is 2. The molecule has 0 spiro atoms. The van der Waals surface area contributed by atoms with Crippen molar-refractivity contribution in [1.29, 1.82) is 0 Å². The van der Waals surface area contributed by atoms with Crippen molar-refractivity contribution in [2.45, 2.75) is 19.8 Å². The summed E-state index contributed by atoms with van der Waals surface area (Å²) in [6.07, 6.45) is 5.12. The quantitative estimate of drug-likeness (QED) is 0.268. The minimum absolute atomic E-state index is 0.166. The number of amides is 2. The fourth-order valence-corrected chi connectivity index (χ4v) is 4.37. The summed E-state index contributed by atoms with van der Waals surface area (Å²) in [4.78, 5) is 39.3. The minimum Gasteiger partial charge on any atom is -0.423 e. The Hall–Kier alpha value is -3.73. The van der Waals surface area contributed by atoms with E-state index < -0.39 is 5.97 Å². The van der Waals surface area contributed by atoms with E-state index in [1.54, 1.807) is 30.3 Å². The number of imide groups is 1. The van der Waals surface area contributed by atoms with Gasteiger partial charge in [-0.25, -0.2) is 4.79 Å². The standard InChI is InChI=1S/C26H21NO4/c1-16-6-7-19-15-21(13-10-18(19)14-16)31-26(30)17-8-11-20(12-9-17)27-24(28)22-4-2-3-5-23(22)25(27)29/h2-3,6-15,22-23H,4-5H2,1H3. The molecule has 1 saturated heterocycles. The molecule has 5 rings (SSSR count). The number of carbonyl (C=O) groups excluding carboxylic acids is 3. The number of nitrogens with zero attached hydrogens (tertiary/aromatic N) is 1. The first kappa shape index (κ1) is 19.2. The van der Waals surface area contributed by atoms with E-state index in [0.29, 0.717) is 29.8 Å². The maximum atomic E-state index is 12.7. The van der Waals surface area contributed by atoms with Crippen LogP contribution in [0, 0.1) is 18.8 Å². The van der Waals surface area contributed by atoms with Crippen LogP contribution in [0.3, 0.4) is 0 Å². The van der Waals surface area contributed by atoms with Crippen LogP contribution in [-0.4, -0.2) is 17.8 Å². The van der Waals surface area contributed by atoms with Gasteiger partial charge in [-0.05, 0) is 66.9 Å². The Bertz CT molecular complexity index is 1220. The lowest BCUT2D eigenvalue weighted by Gasteiger charge is -2.15. The van der Waals surface area contributed by atoms with Crippen molar-refractivity contribution in [1.82, 2.24) is 0 Å². The topological polar surface area (TPSA) is 63.7 Å². The van der Waals surface area contributed by atoms with E-state index in [1.165, 1.54) is 10.5 Å².